The van der Waals surface area contributed by atoms with E-state index in [1.165, 1.54) is 21.1 Å². The smallest absolute Gasteiger partial charge is 0.265 e. The van der Waals surface area contributed by atoms with Crippen molar-refractivity contribution in [2.45, 2.75) is 24.3 Å². The van der Waals surface area contributed by atoms with Gasteiger partial charge in [0, 0.05) is 26.3 Å². The lowest BCUT2D eigenvalue weighted by molar-refractivity contribution is 0.0992. The summed E-state index contributed by atoms with van der Waals surface area (Å²) in [5.41, 5.74) is 5.33. The molecule has 2 atom stereocenters. The first-order chi connectivity index (χ1) is 9.23. The van der Waals surface area contributed by atoms with Gasteiger partial charge < -0.3 is 15.4 Å². The number of carbonyl (C=O) groups excluding carboxylic acids is 1. The normalized spacial score (nSPS) is 22.1. The molecule has 2 unspecified atom stereocenters. The maximum atomic E-state index is 12.5. The van der Waals surface area contributed by atoms with Crippen LogP contribution in [-0.4, -0.2) is 47.5 Å². The molecule has 0 radical (unpaired) electrons. The van der Waals surface area contributed by atoms with Crippen LogP contribution in [0, 0.1) is 5.92 Å². The molecule has 1 aliphatic rings. The lowest BCUT2D eigenvalue weighted by Crippen LogP contribution is -2.30. The van der Waals surface area contributed by atoms with E-state index in [9.17, 15) is 18.3 Å². The maximum absolute atomic E-state index is 12.5. The van der Waals surface area contributed by atoms with Crippen LogP contribution in [0.4, 0.5) is 0 Å². The topological polar surface area (TPSA) is 106 Å². The SMILES string of the molecule is CC(O)C1CCN(S(=O)(=O)c2cc(C(N)=O)n(C)c2)C1. The Labute approximate surface area is 118 Å². The van der Waals surface area contributed by atoms with Crippen molar-refractivity contribution >= 4 is 15.9 Å². The number of aliphatic hydroxyl groups excluding tert-OH is 1. The van der Waals surface area contributed by atoms with Gasteiger partial charge in [-0.2, -0.15) is 4.31 Å². The van der Waals surface area contributed by atoms with E-state index in [4.69, 9.17) is 5.73 Å². The Morgan fingerprint density at radius 1 is 1.55 bits per heavy atom. The lowest BCUT2D eigenvalue weighted by atomic mass is 10.0. The molecule has 1 saturated heterocycles. The standard InChI is InChI=1S/C12H19N3O4S/c1-8(16)9-3-4-15(6-9)20(18,19)10-5-11(12(13)17)14(2)7-10/h5,7-9,16H,3-4,6H2,1-2H3,(H2,13,17). The number of amides is 1. The van der Waals surface area contributed by atoms with Crippen molar-refractivity contribution in [1.82, 2.24) is 8.87 Å². The first-order valence-corrected chi connectivity index (χ1v) is 7.82. The van der Waals surface area contributed by atoms with Crippen LogP contribution in [0.2, 0.25) is 0 Å². The lowest BCUT2D eigenvalue weighted by Gasteiger charge is -2.16. The number of nitrogens with two attached hydrogens (primary N) is 1. The quantitative estimate of drug-likeness (QED) is 0.783. The van der Waals surface area contributed by atoms with Gasteiger partial charge in [0.2, 0.25) is 10.0 Å². The highest BCUT2D eigenvalue weighted by molar-refractivity contribution is 7.89. The molecule has 0 aliphatic carbocycles. The molecule has 0 spiro atoms. The van der Waals surface area contributed by atoms with Crippen LogP contribution < -0.4 is 5.73 Å². The molecule has 1 aromatic heterocycles. The van der Waals surface area contributed by atoms with E-state index in [1.807, 2.05) is 0 Å². The van der Waals surface area contributed by atoms with E-state index >= 15 is 0 Å². The molecule has 1 amide bonds. The van der Waals surface area contributed by atoms with E-state index in [2.05, 4.69) is 0 Å². The van der Waals surface area contributed by atoms with Gasteiger partial charge in [0.05, 0.1) is 6.10 Å². The van der Waals surface area contributed by atoms with Crippen molar-refractivity contribution in [2.75, 3.05) is 13.1 Å². The molecule has 1 fully saturated rings. The van der Waals surface area contributed by atoms with Crippen LogP contribution in [0.3, 0.4) is 0 Å². The molecule has 1 aliphatic heterocycles. The van der Waals surface area contributed by atoms with Crippen LogP contribution in [-0.2, 0) is 17.1 Å². The van der Waals surface area contributed by atoms with Gasteiger partial charge in [0.25, 0.3) is 5.91 Å². The number of aryl methyl sites for hydroxylation is 1. The third kappa shape index (κ3) is 2.58. The van der Waals surface area contributed by atoms with E-state index in [0.717, 1.165) is 0 Å². The minimum absolute atomic E-state index is 0.0518. The van der Waals surface area contributed by atoms with E-state index in [-0.39, 0.29) is 16.5 Å². The van der Waals surface area contributed by atoms with Crippen molar-refractivity contribution in [2.24, 2.45) is 18.7 Å². The highest BCUT2D eigenvalue weighted by atomic mass is 32.2. The molecule has 1 aromatic rings. The zero-order chi connectivity index (χ0) is 15.1. The Bertz CT molecular complexity index is 621. The second kappa shape index (κ2) is 5.19. The van der Waals surface area contributed by atoms with Gasteiger partial charge in [-0.15, -0.1) is 0 Å². The fraction of sp³-hybridized carbons (Fsp3) is 0.583. The summed E-state index contributed by atoms with van der Waals surface area (Å²) in [4.78, 5) is 11.2. The molecule has 2 rings (SSSR count). The molecule has 20 heavy (non-hydrogen) atoms. The largest absolute Gasteiger partial charge is 0.393 e. The first-order valence-electron chi connectivity index (χ1n) is 6.38. The number of hydrogen-bond acceptors (Lipinski definition) is 4. The Kier molecular flexibility index (Phi) is 3.90. The average Bonchev–Trinajstić information content (AvgIpc) is 2.94. The third-order valence-corrected chi connectivity index (χ3v) is 5.57. The average molecular weight is 301 g/mol. The summed E-state index contributed by atoms with van der Waals surface area (Å²) in [6, 6.07) is 1.29. The molecule has 112 valence electrons. The van der Waals surface area contributed by atoms with Crippen molar-refractivity contribution in [3.63, 3.8) is 0 Å². The van der Waals surface area contributed by atoms with Gasteiger partial charge in [-0.1, -0.05) is 0 Å². The van der Waals surface area contributed by atoms with E-state index < -0.39 is 22.0 Å². The Hall–Kier alpha value is -1.38. The molecular formula is C12H19N3O4S. The summed E-state index contributed by atoms with van der Waals surface area (Å²) in [5, 5.41) is 9.54. The summed E-state index contributed by atoms with van der Waals surface area (Å²) < 4.78 is 27.7. The van der Waals surface area contributed by atoms with Crippen LogP contribution >= 0.6 is 0 Å². The van der Waals surface area contributed by atoms with Gasteiger partial charge in [0.1, 0.15) is 10.6 Å². The molecule has 7 nitrogen and oxygen atoms in total. The number of carbonyl (C=O) groups is 1. The number of aliphatic hydroxyl groups is 1. The van der Waals surface area contributed by atoms with E-state index in [1.54, 1.807) is 14.0 Å². The van der Waals surface area contributed by atoms with Crippen LogP contribution in [0.5, 0.6) is 0 Å². The number of hydrogen-bond donors (Lipinski definition) is 2. The van der Waals surface area contributed by atoms with Crippen molar-refractivity contribution in [1.29, 1.82) is 0 Å². The minimum atomic E-state index is -3.65. The van der Waals surface area contributed by atoms with Gasteiger partial charge >= 0.3 is 0 Å². The van der Waals surface area contributed by atoms with Crippen molar-refractivity contribution in [3.05, 3.63) is 18.0 Å². The Balaban J connectivity index is 2.28. The summed E-state index contributed by atoms with van der Waals surface area (Å²) in [6.07, 6.45) is 1.48. The summed E-state index contributed by atoms with van der Waals surface area (Å²) >= 11 is 0. The molecule has 8 heteroatoms. The highest BCUT2D eigenvalue weighted by Gasteiger charge is 2.35. The van der Waals surface area contributed by atoms with Gasteiger partial charge in [0.15, 0.2) is 0 Å². The summed E-state index contributed by atoms with van der Waals surface area (Å²) in [5.74, 6) is -0.721. The molecule has 0 aromatic carbocycles. The number of rotatable bonds is 4. The van der Waals surface area contributed by atoms with Gasteiger partial charge in [-0.05, 0) is 25.3 Å². The number of aromatic nitrogens is 1. The molecule has 2 heterocycles. The molecule has 0 saturated carbocycles. The predicted molar refractivity (Wildman–Crippen MR) is 72.5 cm³/mol. The fourth-order valence-corrected chi connectivity index (χ4v) is 4.02. The van der Waals surface area contributed by atoms with Crippen LogP contribution in [0.25, 0.3) is 0 Å². The predicted octanol–water partition coefficient (Wildman–Crippen LogP) is -0.485. The molecule has 0 bridgehead atoms. The van der Waals surface area contributed by atoms with E-state index in [0.29, 0.717) is 19.5 Å². The first kappa shape index (κ1) is 15.0. The molecule has 3 N–H and O–H groups in total. The zero-order valence-corrected chi connectivity index (χ0v) is 12.3. The van der Waals surface area contributed by atoms with Crippen molar-refractivity contribution < 1.29 is 18.3 Å². The van der Waals surface area contributed by atoms with Crippen molar-refractivity contribution in [3.8, 4) is 0 Å². The van der Waals surface area contributed by atoms with Crippen LogP contribution in [0.1, 0.15) is 23.8 Å². The number of nitrogens with zero attached hydrogens (tertiary/aromatic N) is 2. The fourth-order valence-electron chi connectivity index (χ4n) is 2.44. The summed E-state index contributed by atoms with van der Waals surface area (Å²) in [6.45, 7) is 2.33. The highest BCUT2D eigenvalue weighted by Crippen LogP contribution is 2.27. The monoisotopic (exact) mass is 301 g/mol. The van der Waals surface area contributed by atoms with Gasteiger partial charge in [-0.25, -0.2) is 8.42 Å². The second-order valence-electron chi connectivity index (χ2n) is 5.19. The Morgan fingerprint density at radius 2 is 2.20 bits per heavy atom. The van der Waals surface area contributed by atoms with Gasteiger partial charge in [-0.3, -0.25) is 4.79 Å². The molecular weight excluding hydrogens is 282 g/mol. The Morgan fingerprint density at radius 3 is 2.65 bits per heavy atom. The van der Waals surface area contributed by atoms with Crippen LogP contribution in [0.15, 0.2) is 17.2 Å². The minimum Gasteiger partial charge on any atom is -0.393 e. The number of sulfonamides is 1. The third-order valence-electron chi connectivity index (χ3n) is 3.74. The second-order valence-corrected chi connectivity index (χ2v) is 7.13. The summed E-state index contributed by atoms with van der Waals surface area (Å²) in [7, 11) is -2.08. The zero-order valence-electron chi connectivity index (χ0n) is 11.5. The maximum Gasteiger partial charge on any atom is 0.265 e. The number of primary amides is 1.